The Bertz CT molecular complexity index is 679. The molecule has 5 rings (SSSR count). The maximum Gasteiger partial charge on any atom is 0.224 e. The van der Waals surface area contributed by atoms with Crippen molar-refractivity contribution in [2.45, 2.75) is 68.7 Å². The van der Waals surface area contributed by atoms with Gasteiger partial charge in [0, 0.05) is 19.3 Å². The van der Waals surface area contributed by atoms with Gasteiger partial charge in [-0.2, -0.15) is 0 Å². The van der Waals surface area contributed by atoms with Crippen LogP contribution in [-0.2, 0) is 23.8 Å². The summed E-state index contributed by atoms with van der Waals surface area (Å²) in [5.41, 5.74) is 2.05. The second-order valence-corrected chi connectivity index (χ2v) is 7.84. The van der Waals surface area contributed by atoms with Crippen LogP contribution in [0.1, 0.15) is 50.5 Å². The SMILES string of the molecule is c1ccc(C2=NO[C@@H]([C@H]3CO[C@]4(CCCCO4)[C@@]4(CCCCO4)O3)C2)cc1. The van der Waals surface area contributed by atoms with Crippen LogP contribution in [-0.4, -0.2) is 49.3 Å². The van der Waals surface area contributed by atoms with Crippen molar-refractivity contribution in [3.63, 3.8) is 0 Å². The summed E-state index contributed by atoms with van der Waals surface area (Å²) in [6, 6.07) is 10.1. The molecule has 0 aromatic heterocycles. The number of hydrogen-bond donors (Lipinski definition) is 0. The van der Waals surface area contributed by atoms with E-state index in [-0.39, 0.29) is 12.2 Å². The molecule has 4 aliphatic heterocycles. The second kappa shape index (κ2) is 7.17. The Balaban J connectivity index is 1.33. The molecule has 0 amide bonds. The molecule has 146 valence electrons. The van der Waals surface area contributed by atoms with E-state index in [1.807, 2.05) is 18.2 Å². The molecule has 3 saturated heterocycles. The van der Waals surface area contributed by atoms with Crippen LogP contribution >= 0.6 is 0 Å². The zero-order chi connectivity index (χ0) is 18.2. The van der Waals surface area contributed by atoms with E-state index in [2.05, 4.69) is 17.3 Å². The van der Waals surface area contributed by atoms with E-state index in [1.165, 1.54) is 0 Å². The molecule has 4 heterocycles. The van der Waals surface area contributed by atoms with Crippen LogP contribution in [0, 0.1) is 0 Å². The lowest BCUT2D eigenvalue weighted by molar-refractivity contribution is -0.471. The predicted octanol–water partition coefficient (Wildman–Crippen LogP) is 3.39. The third-order valence-corrected chi connectivity index (χ3v) is 6.09. The number of ether oxygens (including phenoxy) is 4. The van der Waals surface area contributed by atoms with Gasteiger partial charge in [-0.3, -0.25) is 0 Å². The monoisotopic (exact) mass is 373 g/mol. The van der Waals surface area contributed by atoms with Gasteiger partial charge in [0.25, 0.3) is 0 Å². The highest BCUT2D eigenvalue weighted by atomic mass is 16.8. The quantitative estimate of drug-likeness (QED) is 0.795. The topological polar surface area (TPSA) is 58.5 Å². The number of nitrogens with zero attached hydrogens (tertiary/aromatic N) is 1. The predicted molar refractivity (Wildman–Crippen MR) is 98.4 cm³/mol. The maximum atomic E-state index is 6.61. The number of oxime groups is 1. The van der Waals surface area contributed by atoms with Crippen molar-refractivity contribution >= 4 is 5.71 Å². The first-order valence-corrected chi connectivity index (χ1v) is 10.2. The third-order valence-electron chi connectivity index (χ3n) is 6.09. The largest absolute Gasteiger partial charge is 0.389 e. The van der Waals surface area contributed by atoms with Crippen molar-refractivity contribution < 1.29 is 23.8 Å². The fourth-order valence-electron chi connectivity index (χ4n) is 4.62. The van der Waals surface area contributed by atoms with E-state index in [0.717, 1.165) is 49.8 Å². The highest BCUT2D eigenvalue weighted by molar-refractivity contribution is 6.01. The molecule has 27 heavy (non-hydrogen) atoms. The first-order valence-electron chi connectivity index (χ1n) is 10.2. The molecule has 4 aliphatic rings. The smallest absolute Gasteiger partial charge is 0.224 e. The molecule has 6 nitrogen and oxygen atoms in total. The molecule has 0 unspecified atom stereocenters. The summed E-state index contributed by atoms with van der Waals surface area (Å²) < 4.78 is 25.4. The molecule has 1 aromatic carbocycles. The van der Waals surface area contributed by atoms with Crippen molar-refractivity contribution in [1.82, 2.24) is 0 Å². The van der Waals surface area contributed by atoms with Gasteiger partial charge in [-0.15, -0.1) is 0 Å². The normalized spacial score (nSPS) is 39.3. The summed E-state index contributed by atoms with van der Waals surface area (Å²) in [7, 11) is 0. The Morgan fingerprint density at radius 1 is 0.815 bits per heavy atom. The van der Waals surface area contributed by atoms with Crippen molar-refractivity contribution in [3.05, 3.63) is 35.9 Å². The van der Waals surface area contributed by atoms with E-state index in [0.29, 0.717) is 26.2 Å². The Morgan fingerprint density at radius 3 is 2.26 bits per heavy atom. The van der Waals surface area contributed by atoms with Crippen molar-refractivity contribution in [1.29, 1.82) is 0 Å². The van der Waals surface area contributed by atoms with E-state index < -0.39 is 11.6 Å². The number of rotatable bonds is 2. The molecule has 0 bridgehead atoms. The van der Waals surface area contributed by atoms with Crippen LogP contribution in [0.5, 0.6) is 0 Å². The minimum Gasteiger partial charge on any atom is -0.389 e. The van der Waals surface area contributed by atoms with Crippen LogP contribution in [0.15, 0.2) is 35.5 Å². The fraction of sp³-hybridized carbons (Fsp3) is 0.667. The molecule has 0 radical (unpaired) electrons. The molecule has 3 fully saturated rings. The van der Waals surface area contributed by atoms with Crippen LogP contribution in [0.3, 0.4) is 0 Å². The minimum absolute atomic E-state index is 0.163. The molecule has 1 aromatic rings. The number of benzene rings is 1. The van der Waals surface area contributed by atoms with Gasteiger partial charge in [-0.1, -0.05) is 35.5 Å². The van der Waals surface area contributed by atoms with Gasteiger partial charge in [-0.05, 0) is 31.2 Å². The molecule has 0 aliphatic carbocycles. The van der Waals surface area contributed by atoms with Gasteiger partial charge >= 0.3 is 0 Å². The van der Waals surface area contributed by atoms with Crippen LogP contribution < -0.4 is 0 Å². The Hall–Kier alpha value is -1.47. The van der Waals surface area contributed by atoms with Crippen molar-refractivity contribution in [2.24, 2.45) is 5.16 Å². The Kier molecular flexibility index (Phi) is 4.68. The summed E-state index contributed by atoms with van der Waals surface area (Å²) >= 11 is 0. The summed E-state index contributed by atoms with van der Waals surface area (Å²) in [5, 5.41) is 4.31. The summed E-state index contributed by atoms with van der Waals surface area (Å²) in [4.78, 5) is 5.76. The second-order valence-electron chi connectivity index (χ2n) is 7.84. The molecule has 0 N–H and O–H groups in total. The van der Waals surface area contributed by atoms with E-state index in [1.54, 1.807) is 0 Å². The zero-order valence-corrected chi connectivity index (χ0v) is 15.6. The molecule has 4 atom stereocenters. The minimum atomic E-state index is -0.826. The van der Waals surface area contributed by atoms with E-state index >= 15 is 0 Å². The van der Waals surface area contributed by atoms with Gasteiger partial charge < -0.3 is 23.8 Å². The third kappa shape index (κ3) is 3.09. The summed E-state index contributed by atoms with van der Waals surface area (Å²) in [6.45, 7) is 1.81. The van der Waals surface area contributed by atoms with E-state index in [9.17, 15) is 0 Å². The lowest BCUT2D eigenvalue weighted by Crippen LogP contribution is -2.69. The number of fused-ring (bicyclic) bond motifs is 1. The first kappa shape index (κ1) is 17.6. The summed E-state index contributed by atoms with van der Waals surface area (Å²) in [6.07, 6.45) is 6.17. The van der Waals surface area contributed by atoms with Crippen molar-refractivity contribution in [2.75, 3.05) is 19.8 Å². The molecular formula is C21H27NO5. The first-order chi connectivity index (χ1) is 13.3. The Morgan fingerprint density at radius 2 is 1.56 bits per heavy atom. The van der Waals surface area contributed by atoms with Crippen LogP contribution in [0.25, 0.3) is 0 Å². The van der Waals surface area contributed by atoms with Gasteiger partial charge in [-0.25, -0.2) is 0 Å². The van der Waals surface area contributed by atoms with Gasteiger partial charge in [0.15, 0.2) is 6.10 Å². The average Bonchev–Trinajstić information content (AvgIpc) is 3.23. The molecule has 2 spiro atoms. The Labute approximate surface area is 159 Å². The van der Waals surface area contributed by atoms with E-state index in [4.69, 9.17) is 23.8 Å². The molecule has 0 saturated carbocycles. The highest BCUT2D eigenvalue weighted by Gasteiger charge is 2.62. The number of hydrogen-bond acceptors (Lipinski definition) is 6. The standard InChI is InChI=1S/C21H27NO5/c1-2-8-16(9-3-1)17-14-18(27-22-17)19-15-25-20(10-4-6-12-23-20)21(26-19)11-5-7-13-24-21/h1-3,8-9,18-19H,4-7,10-15H2/t18-,19-,20-,21-/m1/s1. The lowest BCUT2D eigenvalue weighted by Gasteiger charge is -2.56. The van der Waals surface area contributed by atoms with Gasteiger partial charge in [0.2, 0.25) is 11.6 Å². The van der Waals surface area contributed by atoms with Crippen molar-refractivity contribution in [3.8, 4) is 0 Å². The zero-order valence-electron chi connectivity index (χ0n) is 15.6. The lowest BCUT2D eigenvalue weighted by atomic mass is 9.88. The highest BCUT2D eigenvalue weighted by Crippen LogP contribution is 2.48. The molecular weight excluding hydrogens is 346 g/mol. The average molecular weight is 373 g/mol. The maximum absolute atomic E-state index is 6.61. The van der Waals surface area contributed by atoms with Gasteiger partial charge in [0.1, 0.15) is 6.10 Å². The van der Waals surface area contributed by atoms with Crippen LogP contribution in [0.4, 0.5) is 0 Å². The summed E-state index contributed by atoms with van der Waals surface area (Å²) in [5.74, 6) is -1.60. The van der Waals surface area contributed by atoms with Gasteiger partial charge in [0.05, 0.1) is 25.5 Å². The molecule has 6 heteroatoms. The fourth-order valence-corrected chi connectivity index (χ4v) is 4.62. The van der Waals surface area contributed by atoms with Crippen LogP contribution in [0.2, 0.25) is 0 Å².